The van der Waals surface area contributed by atoms with Crippen LogP contribution >= 0.6 is 0 Å². The fourth-order valence-corrected chi connectivity index (χ4v) is 0.745. The fraction of sp³-hybridized carbons (Fsp3) is 0.889. The average Bonchev–Trinajstić information content (AvgIpc) is 2.53. The fourth-order valence-electron chi connectivity index (χ4n) is 0.745. The molecule has 1 saturated heterocycles. The molecule has 1 aliphatic rings. The third kappa shape index (κ3) is 5.47. The lowest BCUT2D eigenvalue weighted by Gasteiger charge is -2.00. The number of rotatable bonds is 1. The van der Waals surface area contributed by atoms with Gasteiger partial charge in [0.05, 0.1) is 13.2 Å². The largest absolute Gasteiger partial charge is 0.442 e. The van der Waals surface area contributed by atoms with Crippen LogP contribution in [0.2, 0.25) is 0 Å². The number of ether oxygens (including phenoxy) is 1. The van der Waals surface area contributed by atoms with Gasteiger partial charge in [-0.25, -0.2) is 4.79 Å². The van der Waals surface area contributed by atoms with E-state index in [9.17, 15) is 4.79 Å². The molecule has 1 amide bonds. The molecule has 4 nitrogen and oxygen atoms in total. The van der Waals surface area contributed by atoms with Crippen LogP contribution in [0.25, 0.3) is 0 Å². The van der Waals surface area contributed by atoms with Crippen LogP contribution in [0.3, 0.4) is 0 Å². The zero-order valence-corrected chi connectivity index (χ0v) is 9.20. The first-order chi connectivity index (χ1) is 6.24. The second-order valence-electron chi connectivity index (χ2n) is 2.07. The minimum atomic E-state index is -0.353. The first-order valence-electron chi connectivity index (χ1n) is 4.76. The molecule has 1 atom stereocenters. The van der Waals surface area contributed by atoms with Crippen molar-refractivity contribution in [2.75, 3.05) is 20.2 Å². The van der Waals surface area contributed by atoms with Crippen molar-refractivity contribution in [1.29, 1.82) is 0 Å². The lowest BCUT2D eigenvalue weighted by atomic mass is 10.4. The Morgan fingerprint density at radius 2 is 1.92 bits per heavy atom. The van der Waals surface area contributed by atoms with E-state index in [4.69, 9.17) is 5.11 Å². The number of cyclic esters (lactones) is 1. The molecule has 4 heteroatoms. The summed E-state index contributed by atoms with van der Waals surface area (Å²) in [5, 5.41) is 8.50. The lowest BCUT2D eigenvalue weighted by molar-refractivity contribution is 0.0951. The molecule has 1 rings (SSSR count). The number of carbonyl (C=O) groups excluding carboxylic acids is 1. The first kappa shape index (κ1) is 14.7. The van der Waals surface area contributed by atoms with Gasteiger partial charge in [-0.1, -0.05) is 27.7 Å². The number of hydrogen-bond acceptors (Lipinski definition) is 3. The van der Waals surface area contributed by atoms with E-state index in [0.717, 1.165) is 0 Å². The van der Waals surface area contributed by atoms with Crippen LogP contribution in [0.15, 0.2) is 0 Å². The highest BCUT2D eigenvalue weighted by Gasteiger charge is 2.26. The van der Waals surface area contributed by atoms with Gasteiger partial charge >= 0.3 is 6.09 Å². The Hall–Kier alpha value is -0.770. The van der Waals surface area contributed by atoms with Gasteiger partial charge in [0.2, 0.25) is 0 Å². The van der Waals surface area contributed by atoms with Gasteiger partial charge in [-0.2, -0.15) is 0 Å². The minimum Gasteiger partial charge on any atom is -0.442 e. The monoisotopic (exact) mass is 191 g/mol. The summed E-state index contributed by atoms with van der Waals surface area (Å²) in [7, 11) is 1.64. The Morgan fingerprint density at radius 1 is 1.46 bits per heavy atom. The molecule has 0 radical (unpaired) electrons. The van der Waals surface area contributed by atoms with Gasteiger partial charge in [-0.3, -0.25) is 0 Å². The summed E-state index contributed by atoms with van der Waals surface area (Å²) < 4.78 is 4.66. The highest BCUT2D eigenvalue weighted by atomic mass is 16.6. The second-order valence-corrected chi connectivity index (χ2v) is 2.07. The molecule has 0 aromatic heterocycles. The van der Waals surface area contributed by atoms with E-state index in [-0.39, 0.29) is 18.8 Å². The standard InChI is InChI=1S/C5H9NO3.2C2H6/c1-6-2-4(3-7)9-5(6)8;2*1-2/h4,7H,2-3H2,1H3;2*1-2H3. The molecule has 1 N–H and O–H groups in total. The van der Waals surface area contributed by atoms with Gasteiger partial charge in [-0.15, -0.1) is 0 Å². The highest BCUT2D eigenvalue weighted by Crippen LogP contribution is 2.06. The first-order valence-corrected chi connectivity index (χ1v) is 4.76. The van der Waals surface area contributed by atoms with Crippen LogP contribution in [0.4, 0.5) is 4.79 Å². The minimum absolute atomic E-state index is 0.0872. The predicted molar refractivity (Wildman–Crippen MR) is 52.7 cm³/mol. The van der Waals surface area contributed by atoms with Gasteiger partial charge in [0.15, 0.2) is 0 Å². The third-order valence-corrected chi connectivity index (χ3v) is 1.26. The Labute approximate surface area is 80.5 Å². The number of carbonyl (C=O) groups is 1. The van der Waals surface area contributed by atoms with Crippen LogP contribution in [0, 0.1) is 0 Å². The maximum absolute atomic E-state index is 10.5. The van der Waals surface area contributed by atoms with E-state index >= 15 is 0 Å². The van der Waals surface area contributed by atoms with Gasteiger partial charge < -0.3 is 14.7 Å². The van der Waals surface area contributed by atoms with Crippen molar-refractivity contribution in [3.63, 3.8) is 0 Å². The number of aliphatic hydroxyl groups excluding tert-OH is 1. The van der Waals surface area contributed by atoms with Crippen molar-refractivity contribution < 1.29 is 14.6 Å². The normalized spacial score (nSPS) is 19.4. The van der Waals surface area contributed by atoms with Crippen molar-refractivity contribution in [1.82, 2.24) is 4.90 Å². The van der Waals surface area contributed by atoms with Crippen molar-refractivity contribution in [3.8, 4) is 0 Å². The molecular weight excluding hydrogens is 170 g/mol. The number of likely N-dealkylation sites (N-methyl/N-ethyl adjacent to an activating group) is 1. The Bertz CT molecular complexity index is 128. The van der Waals surface area contributed by atoms with E-state index in [2.05, 4.69) is 4.74 Å². The van der Waals surface area contributed by atoms with E-state index in [1.807, 2.05) is 27.7 Å². The zero-order valence-electron chi connectivity index (χ0n) is 9.20. The molecule has 0 aliphatic carbocycles. The van der Waals surface area contributed by atoms with Gasteiger partial charge in [0.25, 0.3) is 0 Å². The summed E-state index contributed by atoms with van der Waals surface area (Å²) in [4.78, 5) is 12.0. The summed E-state index contributed by atoms with van der Waals surface area (Å²) in [5.41, 5.74) is 0. The number of hydrogen-bond donors (Lipinski definition) is 1. The molecule has 1 unspecified atom stereocenters. The van der Waals surface area contributed by atoms with Crippen molar-refractivity contribution in [3.05, 3.63) is 0 Å². The van der Waals surface area contributed by atoms with Gasteiger partial charge in [0.1, 0.15) is 6.10 Å². The molecule has 1 heterocycles. The van der Waals surface area contributed by atoms with Crippen LogP contribution < -0.4 is 0 Å². The topological polar surface area (TPSA) is 49.8 Å². The second kappa shape index (κ2) is 9.32. The maximum Gasteiger partial charge on any atom is 0.410 e. The summed E-state index contributed by atoms with van der Waals surface area (Å²) in [5.74, 6) is 0. The lowest BCUT2D eigenvalue weighted by Crippen LogP contribution is -2.20. The number of aliphatic hydroxyl groups is 1. The van der Waals surface area contributed by atoms with Crippen LogP contribution in [0.1, 0.15) is 27.7 Å². The smallest absolute Gasteiger partial charge is 0.410 e. The number of amides is 1. The van der Waals surface area contributed by atoms with E-state index in [1.54, 1.807) is 7.05 Å². The SMILES string of the molecule is CC.CC.CN1CC(CO)OC1=O. The summed E-state index contributed by atoms with van der Waals surface area (Å²) >= 11 is 0. The molecule has 0 aromatic rings. The van der Waals surface area contributed by atoms with E-state index < -0.39 is 0 Å². The molecule has 0 saturated carbocycles. The van der Waals surface area contributed by atoms with Crippen LogP contribution in [-0.4, -0.2) is 42.4 Å². The Balaban J connectivity index is 0. The molecule has 1 aliphatic heterocycles. The zero-order chi connectivity index (χ0) is 10.9. The van der Waals surface area contributed by atoms with Gasteiger partial charge in [-0.05, 0) is 0 Å². The van der Waals surface area contributed by atoms with Crippen LogP contribution in [0.5, 0.6) is 0 Å². The summed E-state index contributed by atoms with van der Waals surface area (Å²) in [6, 6.07) is 0. The summed E-state index contributed by atoms with van der Waals surface area (Å²) in [6.45, 7) is 8.41. The Morgan fingerprint density at radius 3 is 2.08 bits per heavy atom. The molecule has 0 aromatic carbocycles. The average molecular weight is 191 g/mol. The molecule has 0 spiro atoms. The molecule has 1 fully saturated rings. The molecule has 0 bridgehead atoms. The quantitative estimate of drug-likeness (QED) is 0.683. The van der Waals surface area contributed by atoms with E-state index in [0.29, 0.717) is 6.54 Å². The Kier molecular flexibility index (Phi) is 10.6. The highest BCUT2D eigenvalue weighted by molar-refractivity contribution is 5.69. The van der Waals surface area contributed by atoms with Crippen molar-refractivity contribution >= 4 is 6.09 Å². The predicted octanol–water partition coefficient (Wildman–Crippen LogP) is 1.48. The molecule has 13 heavy (non-hydrogen) atoms. The maximum atomic E-state index is 10.5. The van der Waals surface area contributed by atoms with Crippen molar-refractivity contribution in [2.24, 2.45) is 0 Å². The van der Waals surface area contributed by atoms with Gasteiger partial charge in [0, 0.05) is 7.05 Å². The summed E-state index contributed by atoms with van der Waals surface area (Å²) in [6.07, 6.45) is -0.670. The third-order valence-electron chi connectivity index (χ3n) is 1.26. The molecule has 80 valence electrons. The van der Waals surface area contributed by atoms with Crippen molar-refractivity contribution in [2.45, 2.75) is 33.8 Å². The molecular formula is C9H21NO3. The number of nitrogens with zero attached hydrogens (tertiary/aromatic N) is 1. The van der Waals surface area contributed by atoms with Crippen LogP contribution in [-0.2, 0) is 4.74 Å². The van der Waals surface area contributed by atoms with E-state index in [1.165, 1.54) is 4.90 Å².